The number of amides is 1. The number of nitrogens with two attached hydrogens (primary N) is 1. The van der Waals surface area contributed by atoms with E-state index in [0.717, 1.165) is 19.3 Å². The topological polar surface area (TPSA) is 76.5 Å². The van der Waals surface area contributed by atoms with Gasteiger partial charge in [-0.25, -0.2) is 0 Å². The summed E-state index contributed by atoms with van der Waals surface area (Å²) in [6.07, 6.45) is 3.01. The van der Waals surface area contributed by atoms with Crippen LogP contribution in [0.2, 0.25) is 0 Å². The van der Waals surface area contributed by atoms with Gasteiger partial charge in [-0.05, 0) is 31.7 Å². The highest BCUT2D eigenvalue weighted by Crippen LogP contribution is 2.33. The molecule has 6 heteroatoms. The van der Waals surface area contributed by atoms with E-state index in [1.165, 1.54) is 0 Å². The normalized spacial score (nSPS) is 24.1. The molecular weight excluding hydrogens is 304 g/mol. The molecule has 0 bridgehead atoms. The molecule has 0 radical (unpaired) electrons. The Labute approximate surface area is 136 Å². The van der Waals surface area contributed by atoms with Gasteiger partial charge in [0.2, 0.25) is 0 Å². The maximum Gasteiger partial charge on any atom is 0.289 e. The predicted molar refractivity (Wildman–Crippen MR) is 85.6 cm³/mol. The first-order valence-corrected chi connectivity index (χ1v) is 7.60. The highest BCUT2D eigenvalue weighted by Gasteiger charge is 2.38. The molecule has 5 nitrogen and oxygen atoms in total. The van der Waals surface area contributed by atoms with Crippen molar-refractivity contribution in [3.63, 3.8) is 0 Å². The number of fused-ring (bicyclic) bond motifs is 1. The van der Waals surface area contributed by atoms with Crippen LogP contribution in [0.3, 0.4) is 0 Å². The van der Waals surface area contributed by atoms with Crippen molar-refractivity contribution in [3.8, 4) is 0 Å². The fraction of sp³-hybridized carbons (Fsp3) is 0.625. The molecule has 22 heavy (non-hydrogen) atoms. The molecule has 0 aromatic carbocycles. The minimum Gasteiger partial charge on any atom is -0.455 e. The van der Waals surface area contributed by atoms with Crippen LogP contribution in [0.5, 0.6) is 0 Å². The lowest BCUT2D eigenvalue weighted by molar-refractivity contribution is 0.0741. The summed E-state index contributed by atoms with van der Waals surface area (Å²) in [5.41, 5.74) is 7.14. The number of likely N-dealkylation sites (tertiary alicyclic amines) is 1. The third-order valence-electron chi connectivity index (χ3n) is 4.84. The maximum absolute atomic E-state index is 12.7. The Morgan fingerprint density at radius 2 is 2.14 bits per heavy atom. The second-order valence-electron chi connectivity index (χ2n) is 6.62. The van der Waals surface area contributed by atoms with Crippen LogP contribution in [0.15, 0.2) is 4.42 Å². The standard InChI is InChI=1S/C16H22N2O3.ClH/c1-10-13-11(19)4-3-5-12(13)21-14(10)15(20)18-7-6-16(2,8-17)9-18;/h3-9,17H2,1-2H3;1H. The van der Waals surface area contributed by atoms with E-state index in [-0.39, 0.29) is 29.5 Å². The number of hydrogen-bond donors (Lipinski definition) is 1. The summed E-state index contributed by atoms with van der Waals surface area (Å²) in [5, 5.41) is 0. The van der Waals surface area contributed by atoms with Gasteiger partial charge in [0.1, 0.15) is 5.76 Å². The molecule has 1 aliphatic carbocycles. The summed E-state index contributed by atoms with van der Waals surface area (Å²) in [5.74, 6) is 1.03. The molecule has 1 aromatic heterocycles. The van der Waals surface area contributed by atoms with Crippen molar-refractivity contribution in [2.45, 2.75) is 39.5 Å². The van der Waals surface area contributed by atoms with Gasteiger partial charge in [0, 0.05) is 31.5 Å². The number of ketones is 1. The van der Waals surface area contributed by atoms with E-state index in [2.05, 4.69) is 6.92 Å². The molecular formula is C16H23ClN2O3. The van der Waals surface area contributed by atoms with Crippen LogP contribution < -0.4 is 5.73 Å². The van der Waals surface area contributed by atoms with Gasteiger partial charge < -0.3 is 15.1 Å². The van der Waals surface area contributed by atoms with Crippen LogP contribution in [0.1, 0.15) is 58.4 Å². The third kappa shape index (κ3) is 2.68. The molecule has 1 aromatic rings. The average molecular weight is 327 g/mol. The van der Waals surface area contributed by atoms with Gasteiger partial charge in [-0.1, -0.05) is 6.92 Å². The van der Waals surface area contributed by atoms with Crippen molar-refractivity contribution in [1.82, 2.24) is 4.90 Å². The minimum atomic E-state index is -0.105. The van der Waals surface area contributed by atoms with E-state index in [0.29, 0.717) is 48.7 Å². The lowest BCUT2D eigenvalue weighted by Crippen LogP contribution is -2.34. The van der Waals surface area contributed by atoms with E-state index in [1.807, 2.05) is 6.92 Å². The number of furan rings is 1. The average Bonchev–Trinajstić information content (AvgIpc) is 3.01. The summed E-state index contributed by atoms with van der Waals surface area (Å²) >= 11 is 0. The smallest absolute Gasteiger partial charge is 0.289 e. The van der Waals surface area contributed by atoms with E-state index in [4.69, 9.17) is 10.2 Å². The summed E-state index contributed by atoms with van der Waals surface area (Å²) in [4.78, 5) is 26.5. The van der Waals surface area contributed by atoms with Gasteiger partial charge in [0.25, 0.3) is 5.91 Å². The molecule has 1 aliphatic heterocycles. The Morgan fingerprint density at radius 3 is 2.73 bits per heavy atom. The van der Waals surface area contributed by atoms with Crippen molar-refractivity contribution in [1.29, 1.82) is 0 Å². The summed E-state index contributed by atoms with van der Waals surface area (Å²) in [7, 11) is 0. The Kier molecular flexibility index (Phi) is 4.68. The number of carbonyl (C=O) groups excluding carboxylic acids is 2. The highest BCUT2D eigenvalue weighted by atomic mass is 35.5. The molecule has 1 amide bonds. The number of rotatable bonds is 2. The van der Waals surface area contributed by atoms with Crippen molar-refractivity contribution < 1.29 is 14.0 Å². The number of Topliss-reactive ketones (excluding diaryl/α,β-unsaturated/α-hetero) is 1. The third-order valence-corrected chi connectivity index (χ3v) is 4.84. The first kappa shape index (κ1) is 17.0. The van der Waals surface area contributed by atoms with E-state index in [1.54, 1.807) is 4.90 Å². The zero-order valence-electron chi connectivity index (χ0n) is 13.1. The number of nitrogens with zero attached hydrogens (tertiary/aromatic N) is 1. The van der Waals surface area contributed by atoms with Crippen LogP contribution in [-0.2, 0) is 6.42 Å². The molecule has 122 valence electrons. The number of hydrogen-bond acceptors (Lipinski definition) is 4. The van der Waals surface area contributed by atoms with E-state index < -0.39 is 0 Å². The SMILES string of the molecule is Cc1c(C(=O)N2CCC(C)(CN)C2)oc2c1C(=O)CCC2.Cl. The summed E-state index contributed by atoms with van der Waals surface area (Å²) in [6.45, 7) is 5.84. The molecule has 2 N–H and O–H groups in total. The second-order valence-corrected chi connectivity index (χ2v) is 6.62. The maximum atomic E-state index is 12.7. The van der Waals surface area contributed by atoms with Crippen LogP contribution >= 0.6 is 12.4 Å². The zero-order valence-corrected chi connectivity index (χ0v) is 13.9. The van der Waals surface area contributed by atoms with Gasteiger partial charge in [0.05, 0.1) is 5.56 Å². The molecule has 1 unspecified atom stereocenters. The molecule has 1 saturated heterocycles. The summed E-state index contributed by atoms with van der Waals surface area (Å²) in [6, 6.07) is 0. The monoisotopic (exact) mass is 326 g/mol. The molecule has 0 spiro atoms. The van der Waals surface area contributed by atoms with Crippen molar-refractivity contribution in [2.75, 3.05) is 19.6 Å². The number of halogens is 1. The van der Waals surface area contributed by atoms with Crippen molar-refractivity contribution in [3.05, 3.63) is 22.6 Å². The Bertz CT molecular complexity index is 611. The van der Waals surface area contributed by atoms with Gasteiger partial charge in [-0.3, -0.25) is 9.59 Å². The molecule has 3 rings (SSSR count). The first-order valence-electron chi connectivity index (χ1n) is 7.60. The number of carbonyl (C=O) groups is 2. The van der Waals surface area contributed by atoms with Crippen molar-refractivity contribution in [2.24, 2.45) is 11.1 Å². The highest BCUT2D eigenvalue weighted by molar-refractivity contribution is 6.03. The second kappa shape index (κ2) is 6.05. The molecule has 0 saturated carbocycles. The van der Waals surface area contributed by atoms with Gasteiger partial charge >= 0.3 is 0 Å². The summed E-state index contributed by atoms with van der Waals surface area (Å²) < 4.78 is 5.74. The van der Waals surface area contributed by atoms with Gasteiger partial charge in [-0.15, -0.1) is 12.4 Å². The Balaban J connectivity index is 0.00000176. The van der Waals surface area contributed by atoms with Gasteiger partial charge in [-0.2, -0.15) is 0 Å². The lowest BCUT2D eigenvalue weighted by Gasteiger charge is -2.22. The fourth-order valence-electron chi connectivity index (χ4n) is 3.36. The molecule has 1 fully saturated rings. The molecule has 2 aliphatic rings. The lowest BCUT2D eigenvalue weighted by atomic mass is 9.90. The van der Waals surface area contributed by atoms with Crippen LogP contribution in [0, 0.1) is 12.3 Å². The Morgan fingerprint density at radius 1 is 1.41 bits per heavy atom. The quantitative estimate of drug-likeness (QED) is 0.905. The van der Waals surface area contributed by atoms with E-state index in [9.17, 15) is 9.59 Å². The first-order chi connectivity index (χ1) is 9.95. The molecule has 1 atom stereocenters. The van der Waals surface area contributed by atoms with E-state index >= 15 is 0 Å². The Hall–Kier alpha value is -1.33. The molecule has 2 heterocycles. The van der Waals surface area contributed by atoms with Gasteiger partial charge in [0.15, 0.2) is 11.5 Å². The van der Waals surface area contributed by atoms with Crippen LogP contribution in [0.4, 0.5) is 0 Å². The predicted octanol–water partition coefficient (Wildman–Crippen LogP) is 2.34. The largest absolute Gasteiger partial charge is 0.455 e. The zero-order chi connectivity index (χ0) is 15.2. The van der Waals surface area contributed by atoms with Crippen LogP contribution in [0.25, 0.3) is 0 Å². The fourth-order valence-corrected chi connectivity index (χ4v) is 3.36. The minimum absolute atomic E-state index is 0. The number of aryl methyl sites for hydroxylation is 1. The van der Waals surface area contributed by atoms with Crippen LogP contribution in [-0.4, -0.2) is 36.2 Å². The van der Waals surface area contributed by atoms with Crippen molar-refractivity contribution >= 4 is 24.1 Å².